The molecule has 3 heterocycles. The molecule has 0 aliphatic carbocycles. The topological polar surface area (TPSA) is 113 Å². The maximum absolute atomic E-state index is 12.8. The Morgan fingerprint density at radius 2 is 1.93 bits per heavy atom. The molecular formula is C18H24N4O5S2. The third-order valence-corrected chi connectivity index (χ3v) is 7.91. The molecule has 1 aliphatic rings. The Morgan fingerprint density at radius 3 is 2.55 bits per heavy atom. The van der Waals surface area contributed by atoms with Crippen molar-refractivity contribution in [2.24, 2.45) is 5.92 Å². The predicted molar refractivity (Wildman–Crippen MR) is 107 cm³/mol. The van der Waals surface area contributed by atoms with Crippen LogP contribution in [-0.4, -0.2) is 73.0 Å². The number of rotatable bonds is 6. The van der Waals surface area contributed by atoms with E-state index >= 15 is 0 Å². The highest BCUT2D eigenvalue weighted by atomic mass is 32.2. The zero-order valence-electron chi connectivity index (χ0n) is 16.5. The van der Waals surface area contributed by atoms with Gasteiger partial charge in [-0.05, 0) is 24.5 Å². The molecule has 0 spiro atoms. The van der Waals surface area contributed by atoms with Gasteiger partial charge in [0, 0.05) is 37.3 Å². The molecule has 2 aromatic rings. The van der Waals surface area contributed by atoms with Gasteiger partial charge in [0.25, 0.3) is 15.9 Å². The number of piperazine rings is 1. The number of thiophene rings is 1. The quantitative estimate of drug-likeness (QED) is 0.683. The van der Waals surface area contributed by atoms with Crippen molar-refractivity contribution in [1.82, 2.24) is 19.4 Å². The molecule has 0 radical (unpaired) electrons. The third-order valence-electron chi connectivity index (χ3n) is 4.59. The summed E-state index contributed by atoms with van der Waals surface area (Å²) in [6.45, 7) is 5.10. The molecule has 0 bridgehead atoms. The van der Waals surface area contributed by atoms with Gasteiger partial charge >= 0.3 is 5.97 Å². The standard InChI is InChI=1S/C18H24N4O5S2/c1-12(2)8-14-10-15(20-19-14)17(23)21-4-6-22(7-5-21)29(25,26)16-9-13(11-28-16)18(24)27-3/h9-12H,4-8H2,1-3H3,(H,19,20). The summed E-state index contributed by atoms with van der Waals surface area (Å²) in [7, 11) is -2.48. The molecule has 2 aromatic heterocycles. The first-order valence-corrected chi connectivity index (χ1v) is 11.5. The number of aromatic amines is 1. The Kier molecular flexibility index (Phi) is 6.39. The van der Waals surface area contributed by atoms with Crippen molar-refractivity contribution < 1.29 is 22.7 Å². The molecule has 3 rings (SSSR count). The molecule has 9 nitrogen and oxygen atoms in total. The molecule has 0 atom stereocenters. The van der Waals surface area contributed by atoms with E-state index in [4.69, 9.17) is 0 Å². The summed E-state index contributed by atoms with van der Waals surface area (Å²) in [4.78, 5) is 25.8. The van der Waals surface area contributed by atoms with E-state index in [0.29, 0.717) is 11.6 Å². The van der Waals surface area contributed by atoms with Crippen LogP contribution in [0.15, 0.2) is 21.7 Å². The first-order valence-electron chi connectivity index (χ1n) is 9.23. The van der Waals surface area contributed by atoms with Crippen molar-refractivity contribution >= 4 is 33.2 Å². The van der Waals surface area contributed by atoms with Crippen LogP contribution in [0.3, 0.4) is 0 Å². The fraction of sp³-hybridized carbons (Fsp3) is 0.500. The van der Waals surface area contributed by atoms with Gasteiger partial charge in [-0.3, -0.25) is 9.89 Å². The summed E-state index contributed by atoms with van der Waals surface area (Å²) in [5.41, 5.74) is 1.46. The van der Waals surface area contributed by atoms with Crippen LogP contribution in [-0.2, 0) is 21.2 Å². The number of nitrogens with zero attached hydrogens (tertiary/aromatic N) is 3. The van der Waals surface area contributed by atoms with Crippen LogP contribution >= 0.6 is 11.3 Å². The van der Waals surface area contributed by atoms with Crippen molar-refractivity contribution in [3.63, 3.8) is 0 Å². The van der Waals surface area contributed by atoms with Gasteiger partial charge in [-0.25, -0.2) is 13.2 Å². The smallest absolute Gasteiger partial charge is 0.338 e. The van der Waals surface area contributed by atoms with Gasteiger partial charge < -0.3 is 9.64 Å². The van der Waals surface area contributed by atoms with E-state index in [1.54, 1.807) is 11.0 Å². The first-order chi connectivity index (χ1) is 13.7. The normalized spacial score (nSPS) is 15.7. The highest BCUT2D eigenvalue weighted by Gasteiger charge is 2.32. The molecule has 1 N–H and O–H groups in total. The first kappa shape index (κ1) is 21.5. The lowest BCUT2D eigenvalue weighted by Crippen LogP contribution is -2.50. The predicted octanol–water partition coefficient (Wildman–Crippen LogP) is 1.60. The fourth-order valence-electron chi connectivity index (χ4n) is 3.11. The van der Waals surface area contributed by atoms with E-state index in [1.807, 2.05) is 0 Å². The number of hydrogen-bond acceptors (Lipinski definition) is 7. The van der Waals surface area contributed by atoms with E-state index in [1.165, 1.54) is 22.9 Å². The van der Waals surface area contributed by atoms with Gasteiger partial charge in [0.15, 0.2) is 0 Å². The van der Waals surface area contributed by atoms with Gasteiger partial charge in [0.05, 0.1) is 12.7 Å². The van der Waals surface area contributed by atoms with Crippen molar-refractivity contribution in [2.75, 3.05) is 33.3 Å². The van der Waals surface area contributed by atoms with Gasteiger partial charge in [-0.1, -0.05) is 13.8 Å². The minimum absolute atomic E-state index is 0.0864. The second kappa shape index (κ2) is 8.64. The summed E-state index contributed by atoms with van der Waals surface area (Å²) in [5, 5.41) is 8.45. The molecule has 1 amide bonds. The molecule has 11 heteroatoms. The summed E-state index contributed by atoms with van der Waals surface area (Å²) in [6, 6.07) is 3.08. The summed E-state index contributed by atoms with van der Waals surface area (Å²) >= 11 is 0.980. The number of esters is 1. The van der Waals surface area contributed by atoms with Crippen molar-refractivity contribution in [2.45, 2.75) is 24.5 Å². The Labute approximate surface area is 173 Å². The molecule has 158 valence electrons. The van der Waals surface area contributed by atoms with Crippen molar-refractivity contribution in [3.8, 4) is 0 Å². The zero-order chi connectivity index (χ0) is 21.2. The van der Waals surface area contributed by atoms with E-state index in [-0.39, 0.29) is 41.9 Å². The van der Waals surface area contributed by atoms with Gasteiger partial charge in [0.2, 0.25) is 0 Å². The van der Waals surface area contributed by atoms with Crippen LogP contribution in [0.5, 0.6) is 0 Å². The average molecular weight is 441 g/mol. The molecule has 0 unspecified atom stereocenters. The lowest BCUT2D eigenvalue weighted by Gasteiger charge is -2.33. The molecule has 1 saturated heterocycles. The molecule has 0 saturated carbocycles. The van der Waals surface area contributed by atoms with Gasteiger partial charge in [-0.15, -0.1) is 11.3 Å². The Hall–Kier alpha value is -2.24. The summed E-state index contributed by atoms with van der Waals surface area (Å²) in [6.07, 6.45) is 0.806. The second-order valence-electron chi connectivity index (χ2n) is 7.22. The number of sulfonamides is 1. The molecule has 1 aliphatic heterocycles. The monoisotopic (exact) mass is 440 g/mol. The lowest BCUT2D eigenvalue weighted by atomic mass is 10.1. The van der Waals surface area contributed by atoms with E-state index < -0.39 is 16.0 Å². The minimum atomic E-state index is -3.72. The van der Waals surface area contributed by atoms with Crippen LogP contribution in [0.4, 0.5) is 0 Å². The van der Waals surface area contributed by atoms with Crippen LogP contribution in [0, 0.1) is 5.92 Å². The second-order valence-corrected chi connectivity index (χ2v) is 10.3. The fourth-order valence-corrected chi connectivity index (χ4v) is 5.84. The maximum atomic E-state index is 12.8. The molecular weight excluding hydrogens is 416 g/mol. The maximum Gasteiger partial charge on any atom is 0.338 e. The van der Waals surface area contributed by atoms with Crippen LogP contribution < -0.4 is 0 Å². The molecule has 1 fully saturated rings. The number of carbonyl (C=O) groups excluding carboxylic acids is 2. The Bertz CT molecular complexity index is 988. The Balaban J connectivity index is 1.63. The highest BCUT2D eigenvalue weighted by Crippen LogP contribution is 2.25. The number of amides is 1. The van der Waals surface area contributed by atoms with E-state index in [2.05, 4.69) is 28.8 Å². The molecule has 0 aromatic carbocycles. The SMILES string of the molecule is COC(=O)c1csc(S(=O)(=O)N2CCN(C(=O)c3cc(CC(C)C)[nH]n3)CC2)c1. The zero-order valence-corrected chi connectivity index (χ0v) is 18.2. The summed E-state index contributed by atoms with van der Waals surface area (Å²) in [5.74, 6) is -0.338. The third kappa shape index (κ3) is 4.68. The van der Waals surface area contributed by atoms with E-state index in [9.17, 15) is 18.0 Å². The van der Waals surface area contributed by atoms with Crippen molar-refractivity contribution in [1.29, 1.82) is 0 Å². The number of methoxy groups -OCH3 is 1. The minimum Gasteiger partial charge on any atom is -0.465 e. The number of H-pyrrole nitrogens is 1. The number of aromatic nitrogens is 2. The number of carbonyl (C=O) groups is 2. The van der Waals surface area contributed by atoms with E-state index in [0.717, 1.165) is 23.5 Å². The number of hydrogen-bond donors (Lipinski definition) is 1. The van der Waals surface area contributed by atoms with Crippen LogP contribution in [0.2, 0.25) is 0 Å². The van der Waals surface area contributed by atoms with Crippen molar-refractivity contribution in [3.05, 3.63) is 34.5 Å². The number of ether oxygens (including phenoxy) is 1. The van der Waals surface area contributed by atoms with Gasteiger partial charge in [-0.2, -0.15) is 9.40 Å². The molecule has 29 heavy (non-hydrogen) atoms. The largest absolute Gasteiger partial charge is 0.465 e. The van der Waals surface area contributed by atoms with Crippen LogP contribution in [0.25, 0.3) is 0 Å². The average Bonchev–Trinajstić information content (AvgIpc) is 3.36. The highest BCUT2D eigenvalue weighted by molar-refractivity contribution is 7.91. The summed E-state index contributed by atoms with van der Waals surface area (Å²) < 4.78 is 31.7. The van der Waals surface area contributed by atoms with Crippen LogP contribution in [0.1, 0.15) is 40.4 Å². The number of nitrogens with one attached hydrogen (secondary N) is 1. The lowest BCUT2D eigenvalue weighted by molar-refractivity contribution is 0.0600. The Morgan fingerprint density at radius 1 is 1.24 bits per heavy atom. The van der Waals surface area contributed by atoms with Gasteiger partial charge in [0.1, 0.15) is 9.90 Å².